The Morgan fingerprint density at radius 1 is 0.644 bits per heavy atom. The summed E-state index contributed by atoms with van der Waals surface area (Å²) in [4.78, 5) is 42.1. The summed E-state index contributed by atoms with van der Waals surface area (Å²) in [6, 6.07) is 26.1. The highest BCUT2D eigenvalue weighted by atomic mass is 19.1. The molecule has 0 saturated carbocycles. The first-order valence-electron chi connectivity index (χ1n) is 18.5. The van der Waals surface area contributed by atoms with Gasteiger partial charge in [-0.2, -0.15) is 0 Å². The number of aromatic hydroxyl groups is 1. The van der Waals surface area contributed by atoms with Crippen molar-refractivity contribution < 1.29 is 37.7 Å². The minimum Gasteiger partial charge on any atom is -0.504 e. The van der Waals surface area contributed by atoms with Crippen molar-refractivity contribution in [1.29, 1.82) is 0 Å². The van der Waals surface area contributed by atoms with Gasteiger partial charge in [0, 0.05) is 36.0 Å². The largest absolute Gasteiger partial charge is 0.504 e. The zero-order chi connectivity index (χ0) is 41.9. The quantitative estimate of drug-likeness (QED) is 0.0891. The molecule has 0 atom stereocenters. The lowest BCUT2D eigenvalue weighted by Crippen LogP contribution is -2.12. The van der Waals surface area contributed by atoms with E-state index in [1.54, 1.807) is 48.8 Å². The maximum Gasteiger partial charge on any atom is 0.360 e. The molecular weight excluding hydrogens is 755 g/mol. The standard InChI is InChI=1S/C27H23FN2O3.C20H17FN2O3/c1-3-7-23-22-15-20(14-18-10-12-21(28)13-11-18)16-29-24(22)26(25(30-23)27(31)32-2)33-17-19-8-5-4-6-9-19;1-3-4-16-15-10-13(9-12-5-7-14(21)8-6-12)11-22-17(15)19(24)18(23-16)20(25)26-2/h3-6,8-13,15-16H,1,7,14,17H2,2H3;3,5-8,10-11,24H,1,4,9H2,2H3. The van der Waals surface area contributed by atoms with E-state index < -0.39 is 11.9 Å². The topological polar surface area (TPSA) is 134 Å². The number of pyridine rings is 4. The average molecular weight is 795 g/mol. The molecule has 7 aromatic rings. The van der Waals surface area contributed by atoms with Crippen LogP contribution in [0.2, 0.25) is 0 Å². The van der Waals surface area contributed by atoms with Gasteiger partial charge >= 0.3 is 11.9 Å². The minimum atomic E-state index is -0.730. The molecule has 0 radical (unpaired) electrons. The highest BCUT2D eigenvalue weighted by molar-refractivity contribution is 5.99. The maximum absolute atomic E-state index is 13.3. The summed E-state index contributed by atoms with van der Waals surface area (Å²) in [5, 5.41) is 11.8. The molecule has 3 aromatic carbocycles. The van der Waals surface area contributed by atoms with Crippen LogP contribution in [-0.2, 0) is 41.8 Å². The van der Waals surface area contributed by atoms with Crippen LogP contribution in [-0.4, -0.2) is 51.2 Å². The summed E-state index contributed by atoms with van der Waals surface area (Å²) >= 11 is 0. The van der Waals surface area contributed by atoms with Crippen LogP contribution in [0.3, 0.4) is 0 Å². The summed E-state index contributed by atoms with van der Waals surface area (Å²) < 4.78 is 42.0. The van der Waals surface area contributed by atoms with E-state index in [0.29, 0.717) is 48.0 Å². The molecule has 0 aliphatic carbocycles. The molecule has 4 aromatic heterocycles. The fourth-order valence-electron chi connectivity index (χ4n) is 6.34. The minimum absolute atomic E-state index is 0.0802. The first kappa shape index (κ1) is 41.3. The summed E-state index contributed by atoms with van der Waals surface area (Å²) in [6.45, 7) is 7.77. The third-order valence-electron chi connectivity index (χ3n) is 9.18. The van der Waals surface area contributed by atoms with Crippen molar-refractivity contribution in [1.82, 2.24) is 19.9 Å². The van der Waals surface area contributed by atoms with Gasteiger partial charge in [0.2, 0.25) is 0 Å². The van der Waals surface area contributed by atoms with Gasteiger partial charge in [0.1, 0.15) is 29.3 Å². The van der Waals surface area contributed by atoms with Crippen molar-refractivity contribution in [2.24, 2.45) is 0 Å². The Bertz CT molecular complexity index is 2640. The normalized spacial score (nSPS) is 10.7. The highest BCUT2D eigenvalue weighted by Gasteiger charge is 2.23. The Labute approximate surface area is 339 Å². The highest BCUT2D eigenvalue weighted by Crippen LogP contribution is 2.33. The third-order valence-corrected chi connectivity index (χ3v) is 9.18. The number of aromatic nitrogens is 4. The molecular formula is C47H40F2N4O6. The number of benzene rings is 3. The Hall–Kier alpha value is -7.34. The molecule has 0 saturated heterocycles. The van der Waals surface area contributed by atoms with E-state index in [4.69, 9.17) is 9.47 Å². The number of carbonyl (C=O) groups is 2. The summed E-state index contributed by atoms with van der Waals surface area (Å²) in [5.74, 6) is -1.92. The first-order chi connectivity index (χ1) is 28.6. The smallest absolute Gasteiger partial charge is 0.360 e. The van der Waals surface area contributed by atoms with E-state index in [0.717, 1.165) is 33.2 Å². The van der Waals surface area contributed by atoms with Crippen molar-refractivity contribution in [2.45, 2.75) is 32.3 Å². The van der Waals surface area contributed by atoms with Crippen LogP contribution in [0.4, 0.5) is 8.78 Å². The van der Waals surface area contributed by atoms with Crippen LogP contribution in [0.5, 0.6) is 11.5 Å². The van der Waals surface area contributed by atoms with E-state index in [1.165, 1.54) is 38.5 Å². The van der Waals surface area contributed by atoms with Crippen LogP contribution in [0.25, 0.3) is 21.8 Å². The molecule has 0 bridgehead atoms. The molecule has 0 aliphatic heterocycles. The lowest BCUT2D eigenvalue weighted by Gasteiger charge is -2.15. The van der Waals surface area contributed by atoms with Gasteiger partial charge in [-0.25, -0.2) is 28.3 Å². The monoisotopic (exact) mass is 794 g/mol. The van der Waals surface area contributed by atoms with Crippen LogP contribution >= 0.6 is 0 Å². The summed E-state index contributed by atoms with van der Waals surface area (Å²) in [6.07, 6.45) is 8.71. The van der Waals surface area contributed by atoms with E-state index in [-0.39, 0.29) is 46.6 Å². The van der Waals surface area contributed by atoms with Gasteiger partial charge in [-0.1, -0.05) is 66.7 Å². The molecule has 0 amide bonds. The lowest BCUT2D eigenvalue weighted by molar-refractivity contribution is 0.0580. The number of fused-ring (bicyclic) bond motifs is 2. The van der Waals surface area contributed by atoms with Gasteiger partial charge in [0.05, 0.1) is 25.6 Å². The Morgan fingerprint density at radius 3 is 1.63 bits per heavy atom. The van der Waals surface area contributed by atoms with Crippen LogP contribution in [0.15, 0.2) is 129 Å². The number of ether oxygens (including phenoxy) is 3. The number of hydrogen-bond donors (Lipinski definition) is 1. The SMILES string of the molecule is C=CCc1nc(C(=O)OC)c(O)c2ncc(Cc3ccc(F)cc3)cc12.C=CCc1nc(C(=O)OC)c(OCc2ccccc2)c2ncc(Cc3ccc(F)cc3)cc12. The number of methoxy groups -OCH3 is 2. The molecule has 0 fully saturated rings. The lowest BCUT2D eigenvalue weighted by atomic mass is 10.0. The molecule has 298 valence electrons. The zero-order valence-electron chi connectivity index (χ0n) is 32.5. The van der Waals surface area contributed by atoms with Gasteiger partial charge in [-0.05, 0) is 77.1 Å². The average Bonchev–Trinajstić information content (AvgIpc) is 3.26. The van der Waals surface area contributed by atoms with Crippen LogP contribution in [0.1, 0.15) is 60.2 Å². The van der Waals surface area contributed by atoms with Crippen LogP contribution in [0, 0.1) is 11.6 Å². The maximum atomic E-state index is 13.3. The van der Waals surface area contributed by atoms with E-state index >= 15 is 0 Å². The zero-order valence-corrected chi connectivity index (χ0v) is 32.5. The summed E-state index contributed by atoms with van der Waals surface area (Å²) in [7, 11) is 2.53. The molecule has 7 rings (SSSR count). The fourth-order valence-corrected chi connectivity index (χ4v) is 6.34. The molecule has 0 unspecified atom stereocenters. The Balaban J connectivity index is 0.000000204. The second kappa shape index (κ2) is 19.2. The van der Waals surface area contributed by atoms with Crippen molar-refractivity contribution >= 4 is 33.7 Å². The Morgan fingerprint density at radius 2 is 1.12 bits per heavy atom. The van der Waals surface area contributed by atoms with Gasteiger partial charge in [0.15, 0.2) is 22.9 Å². The molecule has 0 spiro atoms. The van der Waals surface area contributed by atoms with E-state index in [1.807, 2.05) is 42.5 Å². The molecule has 12 heteroatoms. The Kier molecular flexibility index (Phi) is 13.4. The van der Waals surface area contributed by atoms with Crippen LogP contribution < -0.4 is 4.74 Å². The number of rotatable bonds is 13. The number of esters is 2. The van der Waals surface area contributed by atoms with Crippen molar-refractivity contribution in [3.05, 3.63) is 191 Å². The molecule has 10 nitrogen and oxygen atoms in total. The predicted molar refractivity (Wildman–Crippen MR) is 220 cm³/mol. The number of hydrogen-bond acceptors (Lipinski definition) is 10. The first-order valence-corrected chi connectivity index (χ1v) is 18.5. The number of carbonyl (C=O) groups excluding carboxylic acids is 2. The van der Waals surface area contributed by atoms with Gasteiger partial charge in [-0.15, -0.1) is 13.2 Å². The fraction of sp³-hybridized carbons (Fsp3) is 0.149. The van der Waals surface area contributed by atoms with Crippen molar-refractivity contribution in [2.75, 3.05) is 14.2 Å². The summed E-state index contributed by atoms with van der Waals surface area (Å²) in [5.41, 5.74) is 6.59. The number of allylic oxidation sites excluding steroid dienone is 2. The van der Waals surface area contributed by atoms with Crippen molar-refractivity contribution in [3.8, 4) is 11.5 Å². The van der Waals surface area contributed by atoms with Gasteiger partial charge in [-0.3, -0.25) is 9.97 Å². The van der Waals surface area contributed by atoms with Crippen molar-refractivity contribution in [3.63, 3.8) is 0 Å². The predicted octanol–water partition coefficient (Wildman–Crippen LogP) is 9.03. The number of halogens is 2. The van der Waals surface area contributed by atoms with Gasteiger partial charge < -0.3 is 19.3 Å². The van der Waals surface area contributed by atoms with E-state index in [9.17, 15) is 23.5 Å². The van der Waals surface area contributed by atoms with E-state index in [2.05, 4.69) is 37.8 Å². The third kappa shape index (κ3) is 9.98. The molecule has 0 aliphatic rings. The second-order valence-corrected chi connectivity index (χ2v) is 13.3. The molecule has 59 heavy (non-hydrogen) atoms. The molecule has 1 N–H and O–H groups in total. The van der Waals surface area contributed by atoms with Gasteiger partial charge in [0.25, 0.3) is 0 Å². The number of nitrogens with zero attached hydrogens (tertiary/aromatic N) is 4. The molecule has 4 heterocycles. The second-order valence-electron chi connectivity index (χ2n) is 13.3.